The van der Waals surface area contributed by atoms with Crippen LogP contribution < -0.4 is 5.32 Å². The fourth-order valence-corrected chi connectivity index (χ4v) is 4.32. The number of thiophene rings is 1. The van der Waals surface area contributed by atoms with Crippen molar-refractivity contribution in [1.82, 2.24) is 10.2 Å². The largest absolute Gasteiger partial charge is 0.394 e. The smallest absolute Gasteiger partial charge is 0.263 e. The second kappa shape index (κ2) is 8.45. The lowest BCUT2D eigenvalue weighted by atomic mass is 9.97. The highest BCUT2D eigenvalue weighted by Gasteiger charge is 2.28. The van der Waals surface area contributed by atoms with E-state index in [0.29, 0.717) is 11.5 Å². The molecule has 1 aromatic heterocycles. The average Bonchev–Trinajstić information content (AvgIpc) is 3.30. The van der Waals surface area contributed by atoms with Crippen molar-refractivity contribution in [3.8, 4) is 0 Å². The standard InChI is InChI=1S/C22H28N2O3S/c1-15-7-8-19(28-15)21(27)24-10-9-17(13-24)11-16-5-4-6-18(12-16)20(26)23-22(2,3)14-25/h4-8,12,17,25H,9-11,13-14H2,1-3H3,(H,23,26). The van der Waals surface area contributed by atoms with E-state index in [-0.39, 0.29) is 18.4 Å². The highest BCUT2D eigenvalue weighted by molar-refractivity contribution is 7.13. The number of carbonyl (C=O) groups excluding carboxylic acids is 2. The van der Waals surface area contributed by atoms with E-state index in [9.17, 15) is 14.7 Å². The minimum Gasteiger partial charge on any atom is -0.394 e. The first-order valence-corrected chi connectivity index (χ1v) is 10.5. The van der Waals surface area contributed by atoms with Crippen molar-refractivity contribution in [2.45, 2.75) is 39.2 Å². The van der Waals surface area contributed by atoms with Gasteiger partial charge < -0.3 is 15.3 Å². The van der Waals surface area contributed by atoms with Gasteiger partial charge in [0.2, 0.25) is 0 Å². The Kier molecular flexibility index (Phi) is 6.20. The predicted molar refractivity (Wildman–Crippen MR) is 112 cm³/mol. The van der Waals surface area contributed by atoms with Gasteiger partial charge in [0.05, 0.1) is 17.0 Å². The molecule has 2 amide bonds. The van der Waals surface area contributed by atoms with Crippen LogP contribution in [-0.2, 0) is 6.42 Å². The molecule has 1 fully saturated rings. The minimum absolute atomic E-state index is 0.117. The lowest BCUT2D eigenvalue weighted by Gasteiger charge is -2.23. The molecule has 2 heterocycles. The third-order valence-electron chi connectivity index (χ3n) is 5.08. The van der Waals surface area contributed by atoms with Crippen molar-refractivity contribution in [1.29, 1.82) is 0 Å². The molecule has 0 aliphatic carbocycles. The maximum absolute atomic E-state index is 12.6. The Hall–Kier alpha value is -2.18. The summed E-state index contributed by atoms with van der Waals surface area (Å²) in [5.74, 6) is 0.342. The maximum atomic E-state index is 12.6. The summed E-state index contributed by atoms with van der Waals surface area (Å²) < 4.78 is 0. The predicted octanol–water partition coefficient (Wildman–Crippen LogP) is 3.26. The van der Waals surface area contributed by atoms with Crippen molar-refractivity contribution >= 4 is 23.2 Å². The van der Waals surface area contributed by atoms with Crippen LogP contribution in [0, 0.1) is 12.8 Å². The second-order valence-electron chi connectivity index (χ2n) is 8.22. The number of rotatable bonds is 6. The summed E-state index contributed by atoms with van der Waals surface area (Å²) in [5.41, 5.74) is 1.04. The number of aliphatic hydroxyl groups is 1. The van der Waals surface area contributed by atoms with Crippen molar-refractivity contribution < 1.29 is 14.7 Å². The number of benzene rings is 1. The van der Waals surface area contributed by atoms with E-state index in [0.717, 1.165) is 41.2 Å². The van der Waals surface area contributed by atoms with E-state index in [1.165, 1.54) is 0 Å². The zero-order chi connectivity index (χ0) is 20.3. The Morgan fingerprint density at radius 2 is 2.07 bits per heavy atom. The maximum Gasteiger partial charge on any atom is 0.263 e. The van der Waals surface area contributed by atoms with Gasteiger partial charge in [-0.25, -0.2) is 0 Å². The van der Waals surface area contributed by atoms with E-state index in [1.807, 2.05) is 42.2 Å². The Labute approximate surface area is 170 Å². The topological polar surface area (TPSA) is 69.6 Å². The van der Waals surface area contributed by atoms with Crippen LogP contribution in [0.5, 0.6) is 0 Å². The summed E-state index contributed by atoms with van der Waals surface area (Å²) in [6.07, 6.45) is 1.82. The molecule has 0 spiro atoms. The quantitative estimate of drug-likeness (QED) is 0.782. The molecule has 6 heteroatoms. The first-order chi connectivity index (χ1) is 13.3. The number of nitrogens with one attached hydrogen (secondary N) is 1. The van der Waals surface area contributed by atoms with Gasteiger partial charge >= 0.3 is 0 Å². The Morgan fingerprint density at radius 3 is 2.75 bits per heavy atom. The molecular weight excluding hydrogens is 372 g/mol. The Balaban J connectivity index is 1.60. The fourth-order valence-electron chi connectivity index (χ4n) is 3.48. The third kappa shape index (κ3) is 5.00. The van der Waals surface area contributed by atoms with Gasteiger partial charge in [-0.1, -0.05) is 12.1 Å². The van der Waals surface area contributed by atoms with Crippen LogP contribution in [0.1, 0.15) is 50.7 Å². The van der Waals surface area contributed by atoms with Crippen LogP contribution in [0.3, 0.4) is 0 Å². The first-order valence-electron chi connectivity index (χ1n) is 9.65. The number of aryl methyl sites for hydroxylation is 1. The molecule has 150 valence electrons. The molecule has 2 N–H and O–H groups in total. The van der Waals surface area contributed by atoms with Gasteiger partial charge in [0.15, 0.2) is 0 Å². The number of hydrogen-bond donors (Lipinski definition) is 2. The molecule has 0 bridgehead atoms. The lowest BCUT2D eigenvalue weighted by molar-refractivity contribution is 0.0791. The van der Waals surface area contributed by atoms with Crippen LogP contribution in [0.4, 0.5) is 0 Å². The van der Waals surface area contributed by atoms with E-state index >= 15 is 0 Å². The molecule has 1 unspecified atom stereocenters. The minimum atomic E-state index is -0.653. The summed E-state index contributed by atoms with van der Waals surface area (Å²) in [6, 6.07) is 11.5. The van der Waals surface area contributed by atoms with Gasteiger partial charge in [0.1, 0.15) is 0 Å². The van der Waals surface area contributed by atoms with Crippen molar-refractivity contribution in [3.63, 3.8) is 0 Å². The van der Waals surface area contributed by atoms with Gasteiger partial charge in [-0.15, -0.1) is 11.3 Å². The van der Waals surface area contributed by atoms with Gasteiger partial charge in [0.25, 0.3) is 11.8 Å². The zero-order valence-electron chi connectivity index (χ0n) is 16.7. The number of carbonyl (C=O) groups is 2. The van der Waals surface area contributed by atoms with E-state index in [2.05, 4.69) is 5.32 Å². The molecule has 1 aliphatic heterocycles. The molecule has 2 aromatic rings. The Bertz CT molecular complexity index is 859. The zero-order valence-corrected chi connectivity index (χ0v) is 17.5. The lowest BCUT2D eigenvalue weighted by Crippen LogP contribution is -2.46. The molecule has 0 radical (unpaired) electrons. The number of nitrogens with zero attached hydrogens (tertiary/aromatic N) is 1. The molecule has 5 nitrogen and oxygen atoms in total. The summed E-state index contributed by atoms with van der Waals surface area (Å²) in [4.78, 5) is 29.0. The van der Waals surface area contributed by atoms with Crippen LogP contribution in [0.2, 0.25) is 0 Å². The first kappa shape index (κ1) is 20.6. The second-order valence-corrected chi connectivity index (χ2v) is 9.50. The highest BCUT2D eigenvalue weighted by atomic mass is 32.1. The van der Waals surface area contributed by atoms with Gasteiger partial charge in [0, 0.05) is 23.5 Å². The average molecular weight is 401 g/mol. The summed E-state index contributed by atoms with van der Waals surface area (Å²) in [7, 11) is 0. The van der Waals surface area contributed by atoms with Gasteiger partial charge in [-0.05, 0) is 69.4 Å². The van der Waals surface area contributed by atoms with E-state index in [4.69, 9.17) is 0 Å². The third-order valence-corrected chi connectivity index (χ3v) is 6.07. The number of amides is 2. The molecule has 1 aromatic carbocycles. The summed E-state index contributed by atoms with van der Waals surface area (Å²) in [6.45, 7) is 7.00. The summed E-state index contributed by atoms with van der Waals surface area (Å²) in [5, 5.41) is 12.2. The van der Waals surface area contributed by atoms with Crippen molar-refractivity contribution in [2.24, 2.45) is 5.92 Å². The number of aliphatic hydroxyl groups excluding tert-OH is 1. The van der Waals surface area contributed by atoms with E-state index < -0.39 is 5.54 Å². The highest BCUT2D eigenvalue weighted by Crippen LogP contribution is 2.25. The molecule has 1 saturated heterocycles. The van der Waals surface area contributed by atoms with Gasteiger partial charge in [-0.3, -0.25) is 9.59 Å². The molecule has 3 rings (SSSR count). The normalized spacial score (nSPS) is 17.0. The molecule has 1 atom stereocenters. The van der Waals surface area contributed by atoms with Crippen LogP contribution >= 0.6 is 11.3 Å². The Morgan fingerprint density at radius 1 is 1.29 bits per heavy atom. The molecule has 1 aliphatic rings. The fraction of sp³-hybridized carbons (Fsp3) is 0.455. The molecular formula is C22H28N2O3S. The van der Waals surface area contributed by atoms with Gasteiger partial charge in [-0.2, -0.15) is 0 Å². The van der Waals surface area contributed by atoms with Crippen LogP contribution in [-0.4, -0.2) is 47.1 Å². The number of likely N-dealkylation sites (tertiary alicyclic amines) is 1. The van der Waals surface area contributed by atoms with Crippen molar-refractivity contribution in [2.75, 3.05) is 19.7 Å². The van der Waals surface area contributed by atoms with E-state index in [1.54, 1.807) is 31.3 Å². The molecule has 28 heavy (non-hydrogen) atoms. The SMILES string of the molecule is Cc1ccc(C(=O)N2CCC(Cc3cccc(C(=O)NC(C)(C)CO)c3)C2)s1. The number of hydrogen-bond acceptors (Lipinski definition) is 4. The molecule has 0 saturated carbocycles. The van der Waals surface area contributed by atoms with Crippen LogP contribution in [0.15, 0.2) is 36.4 Å². The van der Waals surface area contributed by atoms with Crippen molar-refractivity contribution in [3.05, 3.63) is 57.3 Å². The monoisotopic (exact) mass is 400 g/mol. The summed E-state index contributed by atoms with van der Waals surface area (Å²) >= 11 is 1.55. The van der Waals surface area contributed by atoms with Crippen LogP contribution in [0.25, 0.3) is 0 Å².